The lowest BCUT2D eigenvalue weighted by molar-refractivity contribution is -0.154. The third-order valence-electron chi connectivity index (χ3n) is 3.58. The van der Waals surface area contributed by atoms with Gasteiger partial charge in [-0.3, -0.25) is 9.59 Å². The predicted molar refractivity (Wildman–Crippen MR) is 103 cm³/mol. The van der Waals surface area contributed by atoms with Gasteiger partial charge in [-0.1, -0.05) is 22.0 Å². The maximum absolute atomic E-state index is 12.2. The number of nitrogens with one attached hydrogen (secondary N) is 1. The molecule has 0 unspecified atom stereocenters. The fraction of sp³-hybridized carbons (Fsp3) is 0.333. The summed E-state index contributed by atoms with van der Waals surface area (Å²) in [6.45, 7) is 1.96. The lowest BCUT2D eigenvalue weighted by atomic mass is 10.1. The lowest BCUT2D eigenvalue weighted by Crippen LogP contribution is -2.35. The van der Waals surface area contributed by atoms with E-state index >= 15 is 0 Å². The van der Waals surface area contributed by atoms with Crippen molar-refractivity contribution in [2.24, 2.45) is 0 Å². The minimum atomic E-state index is -0.874. The molecule has 26 heavy (non-hydrogen) atoms. The van der Waals surface area contributed by atoms with Crippen LogP contribution < -0.4 is 14.8 Å². The second-order valence-electron chi connectivity index (χ2n) is 5.40. The molecule has 1 N–H and O–H groups in total. The summed E-state index contributed by atoms with van der Waals surface area (Å²) in [5.41, 5.74) is 0.679. The average Bonchev–Trinajstić information content (AvgIpc) is 3.14. The van der Waals surface area contributed by atoms with Crippen molar-refractivity contribution < 1.29 is 23.8 Å². The zero-order chi connectivity index (χ0) is 19.1. The summed E-state index contributed by atoms with van der Waals surface area (Å²) >= 11 is 4.95. The number of thiophene rings is 1. The van der Waals surface area contributed by atoms with Crippen LogP contribution in [0.5, 0.6) is 11.5 Å². The Morgan fingerprint density at radius 3 is 2.54 bits per heavy atom. The molecule has 1 heterocycles. The van der Waals surface area contributed by atoms with Crippen LogP contribution in [0.4, 0.5) is 0 Å². The molecule has 1 aromatic heterocycles. The average molecular weight is 442 g/mol. The summed E-state index contributed by atoms with van der Waals surface area (Å²) in [4.78, 5) is 25.3. The molecular formula is C18H20BrNO5S. The van der Waals surface area contributed by atoms with Gasteiger partial charge in [-0.25, -0.2) is 0 Å². The normalized spacial score (nSPS) is 11.5. The minimum absolute atomic E-state index is 0.00345. The van der Waals surface area contributed by atoms with E-state index in [2.05, 4.69) is 21.2 Å². The van der Waals surface area contributed by atoms with E-state index in [-0.39, 0.29) is 12.3 Å². The number of rotatable bonds is 8. The first-order valence-corrected chi connectivity index (χ1v) is 9.51. The quantitative estimate of drug-likeness (QED) is 0.635. The van der Waals surface area contributed by atoms with Gasteiger partial charge in [0.05, 0.1) is 27.2 Å². The topological polar surface area (TPSA) is 73.9 Å². The van der Waals surface area contributed by atoms with Gasteiger partial charge in [-0.15, -0.1) is 11.3 Å². The Morgan fingerprint density at radius 1 is 1.23 bits per heavy atom. The van der Waals surface area contributed by atoms with E-state index in [1.54, 1.807) is 30.4 Å². The van der Waals surface area contributed by atoms with Gasteiger partial charge in [0.2, 0.25) is 0 Å². The summed E-state index contributed by atoms with van der Waals surface area (Å²) in [5, 5.41) is 4.68. The number of methoxy groups -OCH3 is 2. The third-order valence-corrected chi connectivity index (χ3v) is 5.20. The summed E-state index contributed by atoms with van der Waals surface area (Å²) in [5.74, 6) is 0.230. The molecule has 0 radical (unpaired) electrons. The van der Waals surface area contributed by atoms with Gasteiger partial charge in [0.1, 0.15) is 0 Å². The summed E-state index contributed by atoms with van der Waals surface area (Å²) < 4.78 is 16.4. The van der Waals surface area contributed by atoms with Crippen LogP contribution in [0.2, 0.25) is 0 Å². The Hall–Kier alpha value is -2.06. The molecule has 0 aliphatic heterocycles. The van der Waals surface area contributed by atoms with Crippen LogP contribution in [0, 0.1) is 0 Å². The largest absolute Gasteiger partial charge is 0.493 e. The van der Waals surface area contributed by atoms with E-state index in [1.807, 2.05) is 17.5 Å². The van der Waals surface area contributed by atoms with Gasteiger partial charge < -0.3 is 19.5 Å². The van der Waals surface area contributed by atoms with Crippen molar-refractivity contribution in [3.8, 4) is 11.5 Å². The fourth-order valence-corrected chi connectivity index (χ4v) is 3.32. The van der Waals surface area contributed by atoms with E-state index < -0.39 is 12.1 Å². The first-order valence-electron chi connectivity index (χ1n) is 7.84. The third kappa shape index (κ3) is 5.47. The Balaban J connectivity index is 1.92. The molecular weight excluding hydrogens is 422 g/mol. The Kier molecular flexibility index (Phi) is 7.47. The van der Waals surface area contributed by atoms with Crippen molar-refractivity contribution in [1.29, 1.82) is 0 Å². The van der Waals surface area contributed by atoms with Crippen LogP contribution in [0.15, 0.2) is 34.1 Å². The highest BCUT2D eigenvalue weighted by Gasteiger charge is 2.19. The molecule has 1 aromatic carbocycles. The lowest BCUT2D eigenvalue weighted by Gasteiger charge is -2.15. The highest BCUT2D eigenvalue weighted by atomic mass is 79.9. The first kappa shape index (κ1) is 20.3. The second-order valence-corrected chi connectivity index (χ2v) is 7.29. The first-order chi connectivity index (χ1) is 12.4. The molecule has 1 atom stereocenters. The molecule has 0 spiro atoms. The standard InChI is InChI=1S/C18H20BrNO5S/c1-11(18(22)20-10-13-5-4-6-26-13)25-17(21)8-12-7-15(23-2)16(24-3)9-14(12)19/h4-7,9,11H,8,10H2,1-3H3,(H,20,22)/t11-/m0/s1. The summed E-state index contributed by atoms with van der Waals surface area (Å²) in [7, 11) is 3.06. The minimum Gasteiger partial charge on any atom is -0.493 e. The van der Waals surface area contributed by atoms with E-state index in [0.717, 1.165) is 4.88 Å². The molecule has 0 bridgehead atoms. The van der Waals surface area contributed by atoms with Gasteiger partial charge in [-0.05, 0) is 36.1 Å². The molecule has 0 fully saturated rings. The molecule has 2 rings (SSSR count). The van der Waals surface area contributed by atoms with Crippen LogP contribution in [0.25, 0.3) is 0 Å². The van der Waals surface area contributed by atoms with Gasteiger partial charge in [0.25, 0.3) is 5.91 Å². The van der Waals surface area contributed by atoms with E-state index in [9.17, 15) is 9.59 Å². The number of hydrogen-bond acceptors (Lipinski definition) is 6. The molecule has 8 heteroatoms. The van der Waals surface area contributed by atoms with Gasteiger partial charge >= 0.3 is 5.97 Å². The van der Waals surface area contributed by atoms with Crippen LogP contribution in [0.3, 0.4) is 0 Å². The molecule has 2 aromatic rings. The fourth-order valence-electron chi connectivity index (χ4n) is 2.21. The zero-order valence-electron chi connectivity index (χ0n) is 14.7. The molecule has 140 valence electrons. The molecule has 6 nitrogen and oxygen atoms in total. The molecule has 0 aliphatic carbocycles. The van der Waals surface area contributed by atoms with Gasteiger partial charge in [0, 0.05) is 9.35 Å². The number of benzene rings is 1. The van der Waals surface area contributed by atoms with Crippen LogP contribution in [-0.4, -0.2) is 32.2 Å². The van der Waals surface area contributed by atoms with E-state index in [0.29, 0.717) is 28.1 Å². The summed E-state index contributed by atoms with van der Waals surface area (Å²) in [6, 6.07) is 7.26. The van der Waals surface area contributed by atoms with Gasteiger partial charge in [0.15, 0.2) is 17.6 Å². The van der Waals surface area contributed by atoms with Crippen molar-refractivity contribution in [3.05, 3.63) is 44.6 Å². The number of hydrogen-bond donors (Lipinski definition) is 1. The Morgan fingerprint density at radius 2 is 1.92 bits per heavy atom. The second kappa shape index (κ2) is 9.59. The predicted octanol–water partition coefficient (Wildman–Crippen LogP) is 3.32. The van der Waals surface area contributed by atoms with Crippen molar-refractivity contribution >= 4 is 39.1 Å². The number of carbonyl (C=O) groups excluding carboxylic acids is 2. The van der Waals surface area contributed by atoms with Crippen molar-refractivity contribution in [3.63, 3.8) is 0 Å². The maximum atomic E-state index is 12.2. The Labute approximate surface area is 164 Å². The molecule has 0 saturated carbocycles. The number of ether oxygens (including phenoxy) is 3. The monoisotopic (exact) mass is 441 g/mol. The highest BCUT2D eigenvalue weighted by molar-refractivity contribution is 9.10. The van der Waals surface area contributed by atoms with Crippen molar-refractivity contribution in [2.45, 2.75) is 26.0 Å². The van der Waals surface area contributed by atoms with E-state index in [4.69, 9.17) is 14.2 Å². The Bertz CT molecular complexity index is 763. The van der Waals surface area contributed by atoms with Gasteiger partial charge in [-0.2, -0.15) is 0 Å². The van der Waals surface area contributed by atoms with Crippen LogP contribution >= 0.6 is 27.3 Å². The SMILES string of the molecule is COc1cc(Br)c(CC(=O)O[C@@H](C)C(=O)NCc2cccs2)cc1OC. The van der Waals surface area contributed by atoms with Crippen LogP contribution in [-0.2, 0) is 27.3 Å². The number of carbonyl (C=O) groups is 2. The van der Waals surface area contributed by atoms with Crippen molar-refractivity contribution in [1.82, 2.24) is 5.32 Å². The van der Waals surface area contributed by atoms with E-state index in [1.165, 1.54) is 14.2 Å². The molecule has 0 aliphatic rings. The van der Waals surface area contributed by atoms with Crippen LogP contribution in [0.1, 0.15) is 17.4 Å². The summed E-state index contributed by atoms with van der Waals surface area (Å²) in [6.07, 6.45) is -0.870. The maximum Gasteiger partial charge on any atom is 0.311 e. The highest BCUT2D eigenvalue weighted by Crippen LogP contribution is 2.33. The zero-order valence-corrected chi connectivity index (χ0v) is 17.1. The molecule has 0 saturated heterocycles. The molecule has 1 amide bonds. The smallest absolute Gasteiger partial charge is 0.311 e. The number of amides is 1. The number of halogens is 1. The number of esters is 1. The van der Waals surface area contributed by atoms with Crippen molar-refractivity contribution in [2.75, 3.05) is 14.2 Å².